The first kappa shape index (κ1) is 16.4. The van der Waals surface area contributed by atoms with E-state index >= 15 is 0 Å². The first-order valence-electron chi connectivity index (χ1n) is 7.87. The number of quaternary nitrogens is 1. The third-order valence-corrected chi connectivity index (χ3v) is 4.13. The highest BCUT2D eigenvalue weighted by Gasteiger charge is 2.26. The quantitative estimate of drug-likeness (QED) is 0.829. The molecule has 0 saturated carbocycles. The van der Waals surface area contributed by atoms with Gasteiger partial charge in [0.15, 0.2) is 0 Å². The molecule has 1 saturated heterocycles. The van der Waals surface area contributed by atoms with Crippen molar-refractivity contribution in [1.29, 1.82) is 0 Å². The third-order valence-electron chi connectivity index (χ3n) is 4.13. The molecule has 2 N–H and O–H groups in total. The topological polar surface area (TPSA) is 33.9 Å². The van der Waals surface area contributed by atoms with E-state index in [4.69, 9.17) is 4.74 Å². The number of ether oxygens (including phenoxy) is 1. The zero-order chi connectivity index (χ0) is 15.2. The molecule has 2 rings (SSSR count). The lowest BCUT2D eigenvalue weighted by Gasteiger charge is -2.33. The van der Waals surface area contributed by atoms with E-state index in [1.165, 1.54) is 17.4 Å². The second-order valence-electron chi connectivity index (χ2n) is 6.57. The smallest absolute Gasteiger partial charge is 0.128 e. The number of piperidine rings is 1. The van der Waals surface area contributed by atoms with E-state index in [0.717, 1.165) is 24.9 Å². The fourth-order valence-electron chi connectivity index (χ4n) is 3.40. The molecule has 3 nitrogen and oxygen atoms in total. The highest BCUT2D eigenvalue weighted by atomic mass is 19.1. The van der Waals surface area contributed by atoms with Crippen molar-refractivity contribution < 1.29 is 19.1 Å². The first-order valence-corrected chi connectivity index (χ1v) is 7.87. The summed E-state index contributed by atoms with van der Waals surface area (Å²) in [5, 5.41) is 10.1. The van der Waals surface area contributed by atoms with Gasteiger partial charge in [-0.2, -0.15) is 0 Å². The molecule has 1 heterocycles. The van der Waals surface area contributed by atoms with E-state index in [9.17, 15) is 9.50 Å². The largest absolute Gasteiger partial charge is 0.385 e. The van der Waals surface area contributed by atoms with Crippen molar-refractivity contribution in [2.24, 2.45) is 11.8 Å². The maximum absolute atomic E-state index is 13.4. The van der Waals surface area contributed by atoms with Crippen molar-refractivity contribution >= 4 is 0 Å². The second kappa shape index (κ2) is 7.87. The average Bonchev–Trinajstić information content (AvgIpc) is 2.39. The molecule has 1 fully saturated rings. The van der Waals surface area contributed by atoms with Gasteiger partial charge in [-0.05, 0) is 12.5 Å². The van der Waals surface area contributed by atoms with Crippen LogP contribution in [0.5, 0.6) is 0 Å². The number of benzene rings is 1. The molecule has 118 valence electrons. The maximum Gasteiger partial charge on any atom is 0.128 e. The minimum Gasteiger partial charge on any atom is -0.385 e. The number of aliphatic hydroxyl groups excluding tert-OH is 1. The molecule has 1 aliphatic rings. The van der Waals surface area contributed by atoms with Crippen LogP contribution < -0.4 is 4.90 Å². The standard InChI is InChI=1S/C17H26FNO2/c1-13-7-14(2)9-19(8-13)10-16(20)12-21-11-15-5-3-4-6-17(15)18/h3-6,13-14,16,20H,7-12H2,1-2H3/p+1/t13-,14-,16+/m1/s1. The number of hydrogen-bond donors (Lipinski definition) is 2. The zero-order valence-electron chi connectivity index (χ0n) is 13.0. The summed E-state index contributed by atoms with van der Waals surface area (Å²) in [7, 11) is 0. The van der Waals surface area contributed by atoms with Crippen molar-refractivity contribution in [3.05, 3.63) is 35.6 Å². The fourth-order valence-corrected chi connectivity index (χ4v) is 3.40. The molecule has 0 amide bonds. The van der Waals surface area contributed by atoms with Crippen molar-refractivity contribution in [3.8, 4) is 0 Å². The van der Waals surface area contributed by atoms with Gasteiger partial charge in [0.1, 0.15) is 18.5 Å². The van der Waals surface area contributed by atoms with E-state index in [-0.39, 0.29) is 19.0 Å². The summed E-state index contributed by atoms with van der Waals surface area (Å²) < 4.78 is 18.9. The van der Waals surface area contributed by atoms with Crippen LogP contribution in [0, 0.1) is 17.7 Å². The van der Waals surface area contributed by atoms with Crippen molar-refractivity contribution in [2.75, 3.05) is 26.2 Å². The summed E-state index contributed by atoms with van der Waals surface area (Å²) >= 11 is 0. The predicted octanol–water partition coefficient (Wildman–Crippen LogP) is 1.26. The van der Waals surface area contributed by atoms with Gasteiger partial charge in [-0.15, -0.1) is 0 Å². The Morgan fingerprint density at radius 1 is 1.29 bits per heavy atom. The molecule has 21 heavy (non-hydrogen) atoms. The molecule has 0 aromatic heterocycles. The molecule has 0 bridgehead atoms. The Balaban J connectivity index is 1.70. The molecule has 0 aliphatic carbocycles. The van der Waals surface area contributed by atoms with Gasteiger partial charge in [0.25, 0.3) is 0 Å². The van der Waals surface area contributed by atoms with Gasteiger partial charge < -0.3 is 14.7 Å². The Kier molecular flexibility index (Phi) is 6.15. The number of likely N-dealkylation sites (tertiary alicyclic amines) is 1. The lowest BCUT2D eigenvalue weighted by molar-refractivity contribution is -0.915. The maximum atomic E-state index is 13.4. The molecule has 0 radical (unpaired) electrons. The zero-order valence-corrected chi connectivity index (χ0v) is 13.0. The number of aliphatic hydroxyl groups is 1. The van der Waals surface area contributed by atoms with Gasteiger partial charge in [-0.1, -0.05) is 32.0 Å². The van der Waals surface area contributed by atoms with Crippen molar-refractivity contribution in [3.63, 3.8) is 0 Å². The highest BCUT2D eigenvalue weighted by molar-refractivity contribution is 5.16. The van der Waals surface area contributed by atoms with Gasteiger partial charge >= 0.3 is 0 Å². The number of nitrogens with one attached hydrogen (secondary N) is 1. The summed E-state index contributed by atoms with van der Waals surface area (Å²) in [5.74, 6) is 1.18. The fraction of sp³-hybridized carbons (Fsp3) is 0.647. The lowest BCUT2D eigenvalue weighted by atomic mass is 9.92. The number of halogens is 1. The monoisotopic (exact) mass is 296 g/mol. The summed E-state index contributed by atoms with van der Waals surface area (Å²) in [4.78, 5) is 1.45. The summed E-state index contributed by atoms with van der Waals surface area (Å²) in [6, 6.07) is 6.59. The van der Waals surface area contributed by atoms with Crippen LogP contribution in [0.1, 0.15) is 25.8 Å². The van der Waals surface area contributed by atoms with E-state index in [1.807, 2.05) is 0 Å². The molecule has 0 unspecified atom stereocenters. The van der Waals surface area contributed by atoms with Crippen molar-refractivity contribution in [1.82, 2.24) is 0 Å². The van der Waals surface area contributed by atoms with Crippen LogP contribution in [0.3, 0.4) is 0 Å². The van der Waals surface area contributed by atoms with Crippen LogP contribution >= 0.6 is 0 Å². The summed E-state index contributed by atoms with van der Waals surface area (Å²) in [5.41, 5.74) is 0.539. The third kappa shape index (κ3) is 5.38. The number of hydrogen-bond acceptors (Lipinski definition) is 2. The SMILES string of the molecule is C[C@@H]1C[C@@H](C)C[NH+](C[C@H](O)COCc2ccccc2F)C1. The molecule has 4 heteroatoms. The van der Waals surface area contributed by atoms with Gasteiger partial charge in [0.2, 0.25) is 0 Å². The van der Waals surface area contributed by atoms with Gasteiger partial charge in [0, 0.05) is 17.4 Å². The van der Waals surface area contributed by atoms with Crippen LogP contribution in [0.2, 0.25) is 0 Å². The van der Waals surface area contributed by atoms with E-state index < -0.39 is 6.10 Å². The Morgan fingerprint density at radius 3 is 2.62 bits per heavy atom. The van der Waals surface area contributed by atoms with Crippen LogP contribution in [0.25, 0.3) is 0 Å². The molecular weight excluding hydrogens is 269 g/mol. The Hall–Kier alpha value is -0.970. The second-order valence-corrected chi connectivity index (χ2v) is 6.57. The normalized spacial score (nSPS) is 27.5. The van der Waals surface area contributed by atoms with Gasteiger partial charge in [-0.25, -0.2) is 4.39 Å². The van der Waals surface area contributed by atoms with E-state index in [0.29, 0.717) is 12.1 Å². The summed E-state index contributed by atoms with van der Waals surface area (Å²) in [6.07, 6.45) is 0.799. The predicted molar refractivity (Wildman–Crippen MR) is 80.6 cm³/mol. The molecular formula is C17H27FNO2+. The molecule has 1 aromatic rings. The molecule has 3 atom stereocenters. The minimum atomic E-state index is -0.482. The molecule has 1 aromatic carbocycles. The Morgan fingerprint density at radius 2 is 1.95 bits per heavy atom. The molecule has 1 aliphatic heterocycles. The minimum absolute atomic E-state index is 0.214. The Labute approximate surface area is 126 Å². The van der Waals surface area contributed by atoms with Crippen LogP contribution in [0.4, 0.5) is 4.39 Å². The van der Waals surface area contributed by atoms with Gasteiger partial charge in [0.05, 0.1) is 26.3 Å². The van der Waals surface area contributed by atoms with E-state index in [2.05, 4.69) is 13.8 Å². The van der Waals surface area contributed by atoms with Crippen LogP contribution in [-0.4, -0.2) is 37.5 Å². The Bertz CT molecular complexity index is 431. The molecule has 0 spiro atoms. The van der Waals surface area contributed by atoms with Gasteiger partial charge in [-0.3, -0.25) is 0 Å². The van der Waals surface area contributed by atoms with Crippen molar-refractivity contribution in [2.45, 2.75) is 33.0 Å². The number of rotatable bonds is 6. The summed E-state index contributed by atoms with van der Waals surface area (Å²) in [6.45, 7) is 7.98. The van der Waals surface area contributed by atoms with Crippen LogP contribution in [0.15, 0.2) is 24.3 Å². The average molecular weight is 296 g/mol. The first-order chi connectivity index (χ1) is 10.0. The lowest BCUT2D eigenvalue weighted by Crippen LogP contribution is -3.15. The van der Waals surface area contributed by atoms with Crippen LogP contribution in [-0.2, 0) is 11.3 Å². The highest BCUT2D eigenvalue weighted by Crippen LogP contribution is 2.12. The van der Waals surface area contributed by atoms with E-state index in [1.54, 1.807) is 18.2 Å².